The molecule has 0 aliphatic heterocycles. The van der Waals surface area contributed by atoms with Gasteiger partial charge in [-0.3, -0.25) is 4.79 Å². The number of fused-ring (bicyclic) bond motifs is 1. The largest absolute Gasteiger partial charge is 0.317 e. The molecule has 0 radical (unpaired) electrons. The van der Waals surface area contributed by atoms with Crippen molar-refractivity contribution in [2.75, 3.05) is 0 Å². The summed E-state index contributed by atoms with van der Waals surface area (Å²) in [6.07, 6.45) is 1.80. The summed E-state index contributed by atoms with van der Waals surface area (Å²) in [6.45, 7) is 0. The summed E-state index contributed by atoms with van der Waals surface area (Å²) in [5.74, 6) is 0. The van der Waals surface area contributed by atoms with Gasteiger partial charge in [-0.15, -0.1) is 11.3 Å². The van der Waals surface area contributed by atoms with Crippen molar-refractivity contribution in [1.82, 2.24) is 4.57 Å². The monoisotopic (exact) mass is 335 g/mol. The highest BCUT2D eigenvalue weighted by atomic mass is 79.9. The predicted octanol–water partition coefficient (Wildman–Crippen LogP) is 3.26. The summed E-state index contributed by atoms with van der Waals surface area (Å²) in [6, 6.07) is 1.95. The summed E-state index contributed by atoms with van der Waals surface area (Å²) in [5, 5.41) is 1.59. The molecule has 14 heavy (non-hydrogen) atoms. The van der Waals surface area contributed by atoms with Gasteiger partial charge < -0.3 is 4.57 Å². The fourth-order valence-corrected chi connectivity index (χ4v) is 3.49. The number of hydrogen-bond acceptors (Lipinski definition) is 2. The van der Waals surface area contributed by atoms with Crippen LogP contribution in [-0.4, -0.2) is 4.57 Å². The van der Waals surface area contributed by atoms with Gasteiger partial charge >= 0.3 is 0 Å². The number of alkyl halides is 1. The third-order valence-electron chi connectivity index (χ3n) is 1.99. The van der Waals surface area contributed by atoms with Crippen molar-refractivity contribution < 1.29 is 0 Å². The fraction of sp³-hybridized carbons (Fsp3) is 0.222. The molecule has 0 unspecified atom stereocenters. The van der Waals surface area contributed by atoms with Gasteiger partial charge in [0.2, 0.25) is 0 Å². The lowest BCUT2D eigenvalue weighted by atomic mass is 10.3. The van der Waals surface area contributed by atoms with Gasteiger partial charge in [-0.2, -0.15) is 0 Å². The first kappa shape index (κ1) is 10.4. The highest BCUT2D eigenvalue weighted by Gasteiger charge is 2.09. The first-order chi connectivity index (χ1) is 6.63. The molecule has 2 rings (SSSR count). The molecule has 0 saturated carbocycles. The van der Waals surface area contributed by atoms with Crippen LogP contribution in [0.3, 0.4) is 0 Å². The van der Waals surface area contributed by atoms with Crippen LogP contribution in [0.1, 0.15) is 4.88 Å². The van der Waals surface area contributed by atoms with E-state index in [2.05, 4.69) is 31.9 Å². The van der Waals surface area contributed by atoms with Crippen molar-refractivity contribution in [3.05, 3.63) is 32.0 Å². The van der Waals surface area contributed by atoms with E-state index in [1.807, 2.05) is 6.07 Å². The van der Waals surface area contributed by atoms with Gasteiger partial charge in [0, 0.05) is 23.5 Å². The Labute approximate surface area is 102 Å². The maximum atomic E-state index is 11.7. The summed E-state index contributed by atoms with van der Waals surface area (Å²) in [4.78, 5) is 12.9. The van der Waals surface area contributed by atoms with E-state index in [-0.39, 0.29) is 5.56 Å². The van der Waals surface area contributed by atoms with Gasteiger partial charge in [0.05, 0.1) is 14.6 Å². The molecule has 0 aliphatic carbocycles. The zero-order valence-corrected chi connectivity index (χ0v) is 11.4. The SMILES string of the molecule is Cn1cc(Br)c2sc(CBr)cc2c1=O. The number of nitrogens with zero attached hydrogens (tertiary/aromatic N) is 1. The summed E-state index contributed by atoms with van der Waals surface area (Å²) < 4.78 is 3.60. The summed E-state index contributed by atoms with van der Waals surface area (Å²) >= 11 is 8.49. The van der Waals surface area contributed by atoms with Crippen LogP contribution in [0, 0.1) is 0 Å². The van der Waals surface area contributed by atoms with E-state index in [1.54, 1.807) is 29.1 Å². The van der Waals surface area contributed by atoms with Gasteiger partial charge in [-0.05, 0) is 22.0 Å². The first-order valence-electron chi connectivity index (χ1n) is 3.97. The molecular weight excluding hydrogens is 330 g/mol. The Morgan fingerprint density at radius 1 is 1.57 bits per heavy atom. The van der Waals surface area contributed by atoms with E-state index in [0.29, 0.717) is 0 Å². The molecule has 0 aliphatic rings. The van der Waals surface area contributed by atoms with Crippen LogP contribution in [0.25, 0.3) is 10.1 Å². The molecule has 2 aromatic heterocycles. The minimum Gasteiger partial charge on any atom is -0.317 e. The predicted molar refractivity (Wildman–Crippen MR) is 67.4 cm³/mol. The lowest BCUT2D eigenvalue weighted by Gasteiger charge is -1.98. The summed E-state index contributed by atoms with van der Waals surface area (Å²) in [5.41, 5.74) is 0.0617. The second-order valence-corrected chi connectivity index (χ2v) is 5.53. The van der Waals surface area contributed by atoms with Gasteiger partial charge in [0.1, 0.15) is 0 Å². The average molecular weight is 337 g/mol. The third-order valence-corrected chi connectivity index (χ3v) is 5.00. The van der Waals surface area contributed by atoms with Crippen molar-refractivity contribution in [3.8, 4) is 0 Å². The normalized spacial score (nSPS) is 11.1. The maximum Gasteiger partial charge on any atom is 0.259 e. The minimum atomic E-state index is 0.0617. The number of thiophene rings is 1. The quantitative estimate of drug-likeness (QED) is 0.733. The van der Waals surface area contributed by atoms with Crippen LogP contribution in [-0.2, 0) is 12.4 Å². The maximum absolute atomic E-state index is 11.7. The molecule has 74 valence electrons. The molecule has 0 N–H and O–H groups in total. The summed E-state index contributed by atoms with van der Waals surface area (Å²) in [7, 11) is 1.76. The third kappa shape index (κ3) is 1.57. The number of aryl methyl sites for hydroxylation is 1. The van der Waals surface area contributed by atoms with E-state index >= 15 is 0 Å². The number of rotatable bonds is 1. The molecule has 0 saturated heterocycles. The van der Waals surface area contributed by atoms with E-state index in [9.17, 15) is 4.79 Å². The molecular formula is C9H7Br2NOS. The topological polar surface area (TPSA) is 22.0 Å². The Hall–Kier alpha value is -0.130. The van der Waals surface area contributed by atoms with Crippen LogP contribution in [0.2, 0.25) is 0 Å². The smallest absolute Gasteiger partial charge is 0.259 e. The molecule has 2 aromatic rings. The fourth-order valence-electron chi connectivity index (χ4n) is 1.32. The zero-order chi connectivity index (χ0) is 10.3. The van der Waals surface area contributed by atoms with Crippen molar-refractivity contribution in [1.29, 1.82) is 0 Å². The van der Waals surface area contributed by atoms with Crippen molar-refractivity contribution >= 4 is 53.3 Å². The number of aromatic nitrogens is 1. The standard InChI is InChI=1S/C9H7Br2NOS/c1-12-4-7(11)8-6(9(12)13)2-5(3-10)14-8/h2,4H,3H2,1H3. The van der Waals surface area contributed by atoms with Crippen molar-refractivity contribution in [2.45, 2.75) is 5.33 Å². The van der Waals surface area contributed by atoms with Crippen LogP contribution in [0.15, 0.2) is 21.5 Å². The van der Waals surface area contributed by atoms with Crippen LogP contribution >= 0.6 is 43.2 Å². The van der Waals surface area contributed by atoms with Crippen molar-refractivity contribution in [2.24, 2.45) is 7.05 Å². The molecule has 0 atom stereocenters. The van der Waals surface area contributed by atoms with Gasteiger partial charge in [-0.1, -0.05) is 15.9 Å². The molecule has 0 amide bonds. The number of pyridine rings is 1. The second kappa shape index (κ2) is 3.79. The van der Waals surface area contributed by atoms with E-state index < -0.39 is 0 Å². The highest BCUT2D eigenvalue weighted by molar-refractivity contribution is 9.10. The minimum absolute atomic E-state index is 0.0617. The molecule has 0 bridgehead atoms. The van der Waals surface area contributed by atoms with Crippen LogP contribution in [0.4, 0.5) is 0 Å². The van der Waals surface area contributed by atoms with Crippen molar-refractivity contribution in [3.63, 3.8) is 0 Å². The lowest BCUT2D eigenvalue weighted by molar-refractivity contribution is 0.870. The molecule has 0 aromatic carbocycles. The van der Waals surface area contributed by atoms with Crippen LogP contribution < -0.4 is 5.56 Å². The Morgan fingerprint density at radius 2 is 2.29 bits per heavy atom. The second-order valence-electron chi connectivity index (χ2n) is 2.98. The first-order valence-corrected chi connectivity index (χ1v) is 6.70. The van der Waals surface area contributed by atoms with Gasteiger partial charge in [-0.25, -0.2) is 0 Å². The Balaban J connectivity index is 2.91. The van der Waals surface area contributed by atoms with Gasteiger partial charge in [0.25, 0.3) is 5.56 Å². The van der Waals surface area contributed by atoms with E-state index in [4.69, 9.17) is 0 Å². The highest BCUT2D eigenvalue weighted by Crippen LogP contribution is 2.30. The number of hydrogen-bond donors (Lipinski definition) is 0. The number of halogens is 2. The average Bonchev–Trinajstić information content (AvgIpc) is 2.58. The molecule has 0 spiro atoms. The molecule has 2 heterocycles. The molecule has 2 nitrogen and oxygen atoms in total. The zero-order valence-electron chi connectivity index (χ0n) is 7.38. The molecule has 5 heteroatoms. The van der Waals surface area contributed by atoms with E-state index in [0.717, 1.165) is 19.9 Å². The Kier molecular flexibility index (Phi) is 2.81. The Bertz CT molecular complexity index is 543. The molecule has 0 fully saturated rings. The van der Waals surface area contributed by atoms with E-state index in [1.165, 1.54) is 4.88 Å². The van der Waals surface area contributed by atoms with Gasteiger partial charge in [0.15, 0.2) is 0 Å². The Morgan fingerprint density at radius 3 is 2.93 bits per heavy atom. The van der Waals surface area contributed by atoms with Crippen LogP contribution in [0.5, 0.6) is 0 Å². The lowest BCUT2D eigenvalue weighted by Crippen LogP contribution is -2.14.